The van der Waals surface area contributed by atoms with Gasteiger partial charge in [-0.15, -0.1) is 23.7 Å². The summed E-state index contributed by atoms with van der Waals surface area (Å²) in [4.78, 5) is 26.0. The van der Waals surface area contributed by atoms with Crippen molar-refractivity contribution < 1.29 is 9.59 Å². The Kier molecular flexibility index (Phi) is 4.91. The van der Waals surface area contributed by atoms with E-state index in [9.17, 15) is 9.59 Å². The van der Waals surface area contributed by atoms with E-state index in [1.807, 2.05) is 11.9 Å². The third kappa shape index (κ3) is 3.22. The van der Waals surface area contributed by atoms with Gasteiger partial charge in [-0.1, -0.05) is 0 Å². The molecule has 3 rings (SSSR count). The lowest BCUT2D eigenvalue weighted by Crippen LogP contribution is -2.48. The van der Waals surface area contributed by atoms with Crippen LogP contribution in [0.25, 0.3) is 0 Å². The normalized spacial score (nSPS) is 27.0. The van der Waals surface area contributed by atoms with Crippen molar-refractivity contribution >= 4 is 35.6 Å². The minimum absolute atomic E-state index is 0. The molecule has 2 fully saturated rings. The van der Waals surface area contributed by atoms with E-state index in [0.717, 1.165) is 12.8 Å². The maximum atomic E-state index is 12.5. The average molecular weight is 330 g/mol. The lowest BCUT2D eigenvalue weighted by molar-refractivity contribution is 0.0686. The summed E-state index contributed by atoms with van der Waals surface area (Å²) in [5.41, 5.74) is 5.64. The highest BCUT2D eigenvalue weighted by Crippen LogP contribution is 2.30. The molecule has 0 aliphatic carbocycles. The molecule has 1 aromatic rings. The van der Waals surface area contributed by atoms with Gasteiger partial charge in [-0.25, -0.2) is 0 Å². The molecule has 7 heteroatoms. The van der Waals surface area contributed by atoms with Gasteiger partial charge >= 0.3 is 0 Å². The number of halogens is 1. The van der Waals surface area contributed by atoms with Gasteiger partial charge in [0.15, 0.2) is 0 Å². The van der Waals surface area contributed by atoms with Crippen molar-refractivity contribution in [1.82, 2.24) is 10.2 Å². The Morgan fingerprint density at radius 1 is 1.33 bits per heavy atom. The van der Waals surface area contributed by atoms with E-state index in [4.69, 9.17) is 5.73 Å². The first kappa shape index (κ1) is 16.3. The van der Waals surface area contributed by atoms with Crippen LogP contribution in [-0.2, 0) is 0 Å². The number of hydrogen-bond donors (Lipinski definition) is 2. The highest BCUT2D eigenvalue weighted by Gasteiger charge is 2.36. The van der Waals surface area contributed by atoms with Crippen LogP contribution in [-0.4, -0.2) is 41.9 Å². The van der Waals surface area contributed by atoms with Crippen LogP contribution in [0.5, 0.6) is 0 Å². The van der Waals surface area contributed by atoms with E-state index in [1.54, 1.807) is 11.4 Å². The number of nitrogens with two attached hydrogens (primary N) is 1. The van der Waals surface area contributed by atoms with Crippen LogP contribution in [0.2, 0.25) is 0 Å². The van der Waals surface area contributed by atoms with Gasteiger partial charge in [0.1, 0.15) is 0 Å². The summed E-state index contributed by atoms with van der Waals surface area (Å²) < 4.78 is 0. The number of nitrogens with zero attached hydrogens (tertiary/aromatic N) is 1. The molecule has 2 aliphatic heterocycles. The van der Waals surface area contributed by atoms with Gasteiger partial charge in [0.25, 0.3) is 5.91 Å². The molecular formula is C14H20ClN3O2S. The van der Waals surface area contributed by atoms with Crippen LogP contribution >= 0.6 is 23.7 Å². The number of piperidine rings is 1. The molecule has 116 valence electrons. The minimum atomic E-state index is -0.483. The summed E-state index contributed by atoms with van der Waals surface area (Å²) in [6, 6.07) is 3.00. The Bertz CT molecular complexity index is 536. The summed E-state index contributed by atoms with van der Waals surface area (Å²) in [6.07, 6.45) is 4.47. The summed E-state index contributed by atoms with van der Waals surface area (Å²) in [7, 11) is 1.86. The molecule has 2 amide bonds. The first-order chi connectivity index (χ1) is 9.54. The molecule has 0 radical (unpaired) electrons. The molecule has 2 atom stereocenters. The summed E-state index contributed by atoms with van der Waals surface area (Å²) >= 11 is 1.29. The zero-order valence-electron chi connectivity index (χ0n) is 11.9. The average Bonchev–Trinajstić information content (AvgIpc) is 3.04. The second kappa shape index (κ2) is 6.34. The fraction of sp³-hybridized carbons (Fsp3) is 0.571. The van der Waals surface area contributed by atoms with Gasteiger partial charge in [0.2, 0.25) is 5.91 Å². The molecule has 2 saturated heterocycles. The van der Waals surface area contributed by atoms with Gasteiger partial charge in [0, 0.05) is 30.6 Å². The maximum absolute atomic E-state index is 12.5. The molecule has 0 aromatic carbocycles. The van der Waals surface area contributed by atoms with Crippen LogP contribution in [0.15, 0.2) is 11.4 Å². The summed E-state index contributed by atoms with van der Waals surface area (Å²) in [6.45, 7) is 0. The predicted molar refractivity (Wildman–Crippen MR) is 85.1 cm³/mol. The molecule has 0 spiro atoms. The topological polar surface area (TPSA) is 75.4 Å². The van der Waals surface area contributed by atoms with Crippen molar-refractivity contribution in [3.63, 3.8) is 0 Å². The van der Waals surface area contributed by atoms with Crippen LogP contribution in [0.1, 0.15) is 45.7 Å². The van der Waals surface area contributed by atoms with E-state index in [1.165, 1.54) is 24.2 Å². The standard InChI is InChI=1S/C14H19N3O2S.ClH/c1-17(11-5-9-2-3-10(6-11)16-9)14(19)12-4-8(7-20-12)13(15)18;/h4,7,9-11,16H,2-3,5-6H2,1H3,(H2,15,18);1H. The second-order valence-electron chi connectivity index (χ2n) is 5.74. The number of fused-ring (bicyclic) bond motifs is 2. The fourth-order valence-electron chi connectivity index (χ4n) is 3.26. The number of carbonyl (C=O) groups excluding carboxylic acids is 2. The van der Waals surface area contributed by atoms with E-state index in [2.05, 4.69) is 5.32 Å². The molecule has 2 aliphatic rings. The number of carbonyl (C=O) groups is 2. The smallest absolute Gasteiger partial charge is 0.263 e. The summed E-state index contributed by atoms with van der Waals surface area (Å²) in [5.74, 6) is -0.489. The number of nitrogens with one attached hydrogen (secondary N) is 1. The monoisotopic (exact) mass is 329 g/mol. The molecule has 2 unspecified atom stereocenters. The number of hydrogen-bond acceptors (Lipinski definition) is 4. The van der Waals surface area contributed by atoms with Crippen molar-refractivity contribution in [2.45, 2.75) is 43.8 Å². The van der Waals surface area contributed by atoms with Crippen LogP contribution in [0, 0.1) is 0 Å². The molecular weight excluding hydrogens is 310 g/mol. The zero-order chi connectivity index (χ0) is 14.3. The third-order valence-corrected chi connectivity index (χ3v) is 5.33. The van der Waals surface area contributed by atoms with Crippen LogP contribution in [0.3, 0.4) is 0 Å². The van der Waals surface area contributed by atoms with Gasteiger partial charge < -0.3 is 16.0 Å². The quantitative estimate of drug-likeness (QED) is 0.885. The lowest BCUT2D eigenvalue weighted by atomic mass is 9.98. The Hall–Kier alpha value is -1.11. The Balaban J connectivity index is 0.00000161. The van der Waals surface area contributed by atoms with Crippen LogP contribution < -0.4 is 11.1 Å². The fourth-order valence-corrected chi connectivity index (χ4v) is 4.14. The largest absolute Gasteiger partial charge is 0.366 e. The molecule has 0 saturated carbocycles. The highest BCUT2D eigenvalue weighted by molar-refractivity contribution is 7.12. The first-order valence-corrected chi connectivity index (χ1v) is 7.84. The first-order valence-electron chi connectivity index (χ1n) is 6.96. The van der Waals surface area contributed by atoms with Crippen LogP contribution in [0.4, 0.5) is 0 Å². The lowest BCUT2D eigenvalue weighted by Gasteiger charge is -2.35. The number of primary amides is 1. The summed E-state index contributed by atoms with van der Waals surface area (Å²) in [5, 5.41) is 5.22. The van der Waals surface area contributed by atoms with E-state index in [0.29, 0.717) is 28.6 Å². The Morgan fingerprint density at radius 3 is 2.48 bits per heavy atom. The van der Waals surface area contributed by atoms with Crippen molar-refractivity contribution in [3.8, 4) is 0 Å². The van der Waals surface area contributed by atoms with Crippen molar-refractivity contribution in [2.75, 3.05) is 7.05 Å². The highest BCUT2D eigenvalue weighted by atomic mass is 35.5. The molecule has 1 aromatic heterocycles. The van der Waals surface area contributed by atoms with Crippen molar-refractivity contribution in [2.24, 2.45) is 5.73 Å². The number of rotatable bonds is 3. The predicted octanol–water partition coefficient (Wildman–Crippen LogP) is 1.62. The molecule has 5 nitrogen and oxygen atoms in total. The maximum Gasteiger partial charge on any atom is 0.263 e. The Labute approximate surface area is 134 Å². The SMILES string of the molecule is CN(C(=O)c1cc(C(N)=O)cs1)C1CC2CCC(C1)N2.Cl. The third-order valence-electron chi connectivity index (χ3n) is 4.41. The minimum Gasteiger partial charge on any atom is -0.366 e. The van der Waals surface area contributed by atoms with Gasteiger partial charge in [0.05, 0.1) is 10.4 Å². The molecule has 3 heterocycles. The molecule has 2 bridgehead atoms. The molecule has 3 N–H and O–H groups in total. The van der Waals surface area contributed by atoms with Crippen molar-refractivity contribution in [3.05, 3.63) is 21.9 Å². The van der Waals surface area contributed by atoms with E-state index < -0.39 is 5.91 Å². The van der Waals surface area contributed by atoms with E-state index >= 15 is 0 Å². The zero-order valence-corrected chi connectivity index (χ0v) is 13.5. The van der Waals surface area contributed by atoms with Gasteiger partial charge in [-0.05, 0) is 31.7 Å². The van der Waals surface area contributed by atoms with Gasteiger partial charge in [-0.2, -0.15) is 0 Å². The Morgan fingerprint density at radius 2 is 1.95 bits per heavy atom. The van der Waals surface area contributed by atoms with E-state index in [-0.39, 0.29) is 18.3 Å². The number of amides is 2. The van der Waals surface area contributed by atoms with Gasteiger partial charge in [-0.3, -0.25) is 9.59 Å². The second-order valence-corrected chi connectivity index (χ2v) is 6.65. The number of thiophene rings is 1. The van der Waals surface area contributed by atoms with Crippen molar-refractivity contribution in [1.29, 1.82) is 0 Å². The molecule has 21 heavy (non-hydrogen) atoms.